The van der Waals surface area contributed by atoms with E-state index >= 15 is 0 Å². The van der Waals surface area contributed by atoms with Crippen LogP contribution in [-0.4, -0.2) is 15.3 Å². The predicted octanol–water partition coefficient (Wildman–Crippen LogP) is 8.75. The lowest BCUT2D eigenvalue weighted by Gasteiger charge is -2.18. The van der Waals surface area contributed by atoms with E-state index in [4.69, 9.17) is 4.98 Å². The first kappa shape index (κ1) is 23.6. The Hall–Kier alpha value is -5.48. The van der Waals surface area contributed by atoms with E-state index in [0.29, 0.717) is 5.71 Å². The van der Waals surface area contributed by atoms with Gasteiger partial charge in [0.25, 0.3) is 0 Å². The molecule has 6 aromatic rings. The molecule has 0 atom stereocenters. The maximum Gasteiger partial charge on any atom is 0.138 e. The smallest absolute Gasteiger partial charge is 0.138 e. The molecule has 0 saturated carbocycles. The third-order valence-electron chi connectivity index (χ3n) is 7.25. The summed E-state index contributed by atoms with van der Waals surface area (Å²) in [7, 11) is 0. The van der Waals surface area contributed by atoms with Crippen LogP contribution >= 0.6 is 0 Å². The molecule has 0 fully saturated rings. The molecule has 1 aliphatic carbocycles. The number of nitrogens with one attached hydrogen (secondary N) is 2. The van der Waals surface area contributed by atoms with Gasteiger partial charge in [-0.15, -0.1) is 0 Å². The highest BCUT2D eigenvalue weighted by molar-refractivity contribution is 6.20. The fourth-order valence-electron chi connectivity index (χ4n) is 5.31. The summed E-state index contributed by atoms with van der Waals surface area (Å²) < 4.78 is 2.14. The molecular formula is C36H26N4. The number of pyridine rings is 1. The molecular weight excluding hydrogens is 488 g/mol. The van der Waals surface area contributed by atoms with E-state index in [1.807, 2.05) is 72.9 Å². The Labute approximate surface area is 233 Å². The van der Waals surface area contributed by atoms with E-state index in [9.17, 15) is 5.41 Å². The zero-order valence-corrected chi connectivity index (χ0v) is 21.8. The van der Waals surface area contributed by atoms with E-state index in [0.717, 1.165) is 61.6 Å². The summed E-state index contributed by atoms with van der Waals surface area (Å²) in [6.07, 6.45) is 6.03. The van der Waals surface area contributed by atoms with Crippen LogP contribution in [0.25, 0.3) is 45.2 Å². The number of nitrogens with zero attached hydrogens (tertiary/aromatic N) is 2. The number of fused-ring (bicyclic) bond motifs is 3. The summed E-state index contributed by atoms with van der Waals surface area (Å²) >= 11 is 0. The highest BCUT2D eigenvalue weighted by atomic mass is 15.1. The van der Waals surface area contributed by atoms with Crippen LogP contribution in [0, 0.1) is 5.41 Å². The van der Waals surface area contributed by atoms with Crippen molar-refractivity contribution in [3.05, 3.63) is 157 Å². The van der Waals surface area contributed by atoms with Crippen molar-refractivity contribution in [2.24, 2.45) is 0 Å². The van der Waals surface area contributed by atoms with Crippen LogP contribution in [0.5, 0.6) is 0 Å². The molecule has 2 aromatic heterocycles. The van der Waals surface area contributed by atoms with Crippen molar-refractivity contribution in [2.75, 3.05) is 5.32 Å². The van der Waals surface area contributed by atoms with E-state index < -0.39 is 0 Å². The number of anilines is 1. The van der Waals surface area contributed by atoms with Crippen LogP contribution < -0.4 is 5.32 Å². The molecule has 2 N–H and O–H groups in total. The van der Waals surface area contributed by atoms with Gasteiger partial charge in [-0.3, -0.25) is 9.98 Å². The van der Waals surface area contributed by atoms with Crippen LogP contribution in [0.3, 0.4) is 0 Å². The van der Waals surface area contributed by atoms with Gasteiger partial charge in [0, 0.05) is 34.0 Å². The number of para-hydroxylation sites is 2. The van der Waals surface area contributed by atoms with Gasteiger partial charge in [0.2, 0.25) is 0 Å². The van der Waals surface area contributed by atoms with Crippen LogP contribution in [0.4, 0.5) is 5.69 Å². The molecule has 4 aromatic carbocycles. The lowest BCUT2D eigenvalue weighted by atomic mass is 9.96. The van der Waals surface area contributed by atoms with Gasteiger partial charge in [0.15, 0.2) is 0 Å². The van der Waals surface area contributed by atoms with Gasteiger partial charge in [-0.2, -0.15) is 0 Å². The molecule has 0 saturated heterocycles. The van der Waals surface area contributed by atoms with Crippen molar-refractivity contribution in [3.8, 4) is 28.2 Å². The first-order valence-electron chi connectivity index (χ1n) is 13.3. The number of hydrogen-bond acceptors (Lipinski definition) is 3. The predicted molar refractivity (Wildman–Crippen MR) is 166 cm³/mol. The topological polar surface area (TPSA) is 53.7 Å². The molecule has 1 aliphatic rings. The monoisotopic (exact) mass is 514 g/mol. The van der Waals surface area contributed by atoms with Gasteiger partial charge < -0.3 is 5.32 Å². The molecule has 0 amide bonds. The maximum atomic E-state index is 9.34. The third-order valence-corrected chi connectivity index (χ3v) is 7.25. The van der Waals surface area contributed by atoms with Crippen molar-refractivity contribution in [3.63, 3.8) is 0 Å². The van der Waals surface area contributed by atoms with Gasteiger partial charge >= 0.3 is 0 Å². The standard InChI is InChI=1S/C36H26N4/c37-35-27(24-38-29-16-8-3-9-17-29)20-21-31-30-18-10-11-19-33(30)40(36(31)35)34-23-28(25-12-4-1-5-13-25)22-32(39-34)26-14-6-2-7-15-26/h1-24,37-38H/b27-24-,37-35?. The summed E-state index contributed by atoms with van der Waals surface area (Å²) in [4.78, 5) is 5.19. The van der Waals surface area contributed by atoms with Crippen molar-refractivity contribution in [1.29, 1.82) is 5.41 Å². The minimum atomic E-state index is 0.449. The normalized spacial score (nSPS) is 13.5. The van der Waals surface area contributed by atoms with Gasteiger partial charge in [-0.05, 0) is 41.5 Å². The van der Waals surface area contributed by atoms with Crippen molar-refractivity contribution in [2.45, 2.75) is 0 Å². The number of hydrogen-bond donors (Lipinski definition) is 2. The van der Waals surface area contributed by atoms with E-state index in [1.165, 1.54) is 0 Å². The third kappa shape index (κ3) is 4.22. The molecule has 2 heterocycles. The molecule has 0 radical (unpaired) electrons. The van der Waals surface area contributed by atoms with Gasteiger partial charge in [0.1, 0.15) is 5.82 Å². The molecule has 0 spiro atoms. The molecule has 0 aliphatic heterocycles. The molecule has 7 rings (SSSR count). The number of rotatable bonds is 5. The Morgan fingerprint density at radius 1 is 0.650 bits per heavy atom. The molecule has 190 valence electrons. The first-order chi connectivity index (χ1) is 19.8. The highest BCUT2D eigenvalue weighted by Crippen LogP contribution is 2.36. The number of allylic oxidation sites excluding steroid dienone is 2. The molecule has 4 nitrogen and oxygen atoms in total. The first-order valence-corrected chi connectivity index (χ1v) is 13.3. The van der Waals surface area contributed by atoms with Crippen molar-refractivity contribution in [1.82, 2.24) is 9.55 Å². The fourth-order valence-corrected chi connectivity index (χ4v) is 5.31. The van der Waals surface area contributed by atoms with Crippen molar-refractivity contribution >= 4 is 28.4 Å². The summed E-state index contributed by atoms with van der Waals surface area (Å²) in [5.74, 6) is 0.785. The average molecular weight is 515 g/mol. The fraction of sp³-hybridized carbons (Fsp3) is 0. The second-order valence-electron chi connectivity index (χ2n) is 9.76. The second kappa shape index (κ2) is 10.0. The lowest BCUT2D eigenvalue weighted by Crippen LogP contribution is -2.15. The summed E-state index contributed by atoms with van der Waals surface area (Å²) in [5.41, 5.74) is 9.27. The highest BCUT2D eigenvalue weighted by Gasteiger charge is 2.25. The summed E-state index contributed by atoms with van der Waals surface area (Å²) in [6, 6.07) is 43.3. The molecule has 0 bridgehead atoms. The zero-order valence-electron chi connectivity index (χ0n) is 21.8. The SMILES string of the molecule is N=C1/C(=C\Nc2ccccc2)C=Cc2c1n(-c1cc(-c3ccccc3)cc(-c3ccccc3)n1)c1ccccc21. The minimum Gasteiger partial charge on any atom is -0.361 e. The Balaban J connectivity index is 1.44. The Bertz CT molecular complexity index is 1860. The molecule has 40 heavy (non-hydrogen) atoms. The minimum absolute atomic E-state index is 0.449. The van der Waals surface area contributed by atoms with E-state index in [1.54, 1.807) is 0 Å². The van der Waals surface area contributed by atoms with Crippen LogP contribution in [0.1, 0.15) is 11.3 Å². The molecule has 4 heteroatoms. The maximum absolute atomic E-state index is 9.34. The van der Waals surface area contributed by atoms with Crippen LogP contribution in [-0.2, 0) is 0 Å². The number of benzene rings is 4. The van der Waals surface area contributed by atoms with Gasteiger partial charge in [0.05, 0.1) is 22.6 Å². The summed E-state index contributed by atoms with van der Waals surface area (Å²) in [5, 5.41) is 13.8. The zero-order chi connectivity index (χ0) is 26.9. The molecule has 0 unspecified atom stereocenters. The quantitative estimate of drug-likeness (QED) is 0.242. The van der Waals surface area contributed by atoms with E-state index in [2.05, 4.69) is 82.7 Å². The lowest BCUT2D eigenvalue weighted by molar-refractivity contribution is 1.03. The van der Waals surface area contributed by atoms with Crippen LogP contribution in [0.15, 0.2) is 145 Å². The Kier molecular flexibility index (Phi) is 5.91. The number of aromatic nitrogens is 2. The second-order valence-corrected chi connectivity index (χ2v) is 9.76. The largest absolute Gasteiger partial charge is 0.361 e. The average Bonchev–Trinajstić information content (AvgIpc) is 3.37. The van der Waals surface area contributed by atoms with Crippen molar-refractivity contribution < 1.29 is 0 Å². The Morgan fingerprint density at radius 3 is 2.05 bits per heavy atom. The summed E-state index contributed by atoms with van der Waals surface area (Å²) in [6.45, 7) is 0. The van der Waals surface area contributed by atoms with Gasteiger partial charge in [-0.1, -0.05) is 109 Å². The van der Waals surface area contributed by atoms with Crippen LogP contribution in [0.2, 0.25) is 0 Å². The Morgan fingerprint density at radius 2 is 1.30 bits per heavy atom. The van der Waals surface area contributed by atoms with E-state index in [-0.39, 0.29) is 0 Å². The van der Waals surface area contributed by atoms with Gasteiger partial charge in [-0.25, -0.2) is 4.98 Å².